The summed E-state index contributed by atoms with van der Waals surface area (Å²) in [5, 5.41) is 8.85. The van der Waals surface area contributed by atoms with E-state index >= 15 is 0 Å². The molecule has 102 valence electrons. The van der Waals surface area contributed by atoms with E-state index in [0.717, 1.165) is 5.56 Å². The number of aliphatic carboxylic acids is 1. The van der Waals surface area contributed by atoms with Crippen molar-refractivity contribution in [3.05, 3.63) is 42.4 Å². The number of rotatable bonds is 3. The Balaban J connectivity index is 2.01. The molecule has 1 N–H and O–H groups in total. The number of carboxylic acid groups (broad SMARTS) is 1. The molecular formula is C14H13N3O3. The third-order valence-electron chi connectivity index (χ3n) is 3.31. The van der Waals surface area contributed by atoms with Crippen molar-refractivity contribution in [2.75, 3.05) is 13.1 Å². The number of amides is 1. The van der Waals surface area contributed by atoms with Crippen molar-refractivity contribution in [3.63, 3.8) is 0 Å². The average Bonchev–Trinajstić information content (AvgIpc) is 2.87. The fourth-order valence-corrected chi connectivity index (χ4v) is 2.38. The fraction of sp³-hybridized carbons (Fsp3) is 0.214. The van der Waals surface area contributed by atoms with Crippen LogP contribution in [0.15, 0.2) is 36.7 Å². The minimum absolute atomic E-state index is 0.280. The number of benzene rings is 1. The van der Waals surface area contributed by atoms with Crippen LogP contribution >= 0.6 is 0 Å². The molecule has 1 aliphatic heterocycles. The van der Waals surface area contributed by atoms with Crippen LogP contribution in [0.5, 0.6) is 0 Å². The highest BCUT2D eigenvalue weighted by molar-refractivity contribution is 6.00. The highest BCUT2D eigenvalue weighted by atomic mass is 16.4. The third kappa shape index (κ3) is 2.05. The Morgan fingerprint density at radius 1 is 1.25 bits per heavy atom. The van der Waals surface area contributed by atoms with Gasteiger partial charge in [-0.2, -0.15) is 0 Å². The molecule has 0 bridgehead atoms. The molecule has 0 spiro atoms. The van der Waals surface area contributed by atoms with Crippen LogP contribution in [-0.2, 0) is 11.3 Å². The van der Waals surface area contributed by atoms with Crippen molar-refractivity contribution in [2.24, 2.45) is 0 Å². The summed E-state index contributed by atoms with van der Waals surface area (Å²) in [5.74, 6) is -1.29. The lowest BCUT2D eigenvalue weighted by Gasteiger charge is -2.26. The third-order valence-corrected chi connectivity index (χ3v) is 3.31. The number of fused-ring (bicyclic) bond motifs is 1. The van der Waals surface area contributed by atoms with Gasteiger partial charge in [0.15, 0.2) is 0 Å². The van der Waals surface area contributed by atoms with Crippen molar-refractivity contribution < 1.29 is 14.7 Å². The molecule has 0 aliphatic carbocycles. The number of hydrogen-bond donors (Lipinski definition) is 1. The average molecular weight is 271 g/mol. The van der Waals surface area contributed by atoms with Gasteiger partial charge in [0.1, 0.15) is 17.9 Å². The molecule has 6 heteroatoms. The smallest absolute Gasteiger partial charge is 0.323 e. The Bertz CT molecular complexity index is 664. The number of carbonyl (C=O) groups excluding carboxylic acids is 1. The zero-order valence-corrected chi connectivity index (χ0v) is 10.7. The second-order valence-corrected chi connectivity index (χ2v) is 4.62. The molecule has 0 radical (unpaired) electrons. The normalized spacial score (nSPS) is 14.2. The monoisotopic (exact) mass is 271 g/mol. The lowest BCUT2D eigenvalue weighted by Crippen LogP contribution is -2.42. The molecular weight excluding hydrogens is 258 g/mol. The van der Waals surface area contributed by atoms with E-state index in [1.807, 2.05) is 30.3 Å². The van der Waals surface area contributed by atoms with E-state index in [4.69, 9.17) is 5.11 Å². The summed E-state index contributed by atoms with van der Waals surface area (Å²) < 4.78 is 1.78. The van der Waals surface area contributed by atoms with Crippen LogP contribution in [0.3, 0.4) is 0 Å². The van der Waals surface area contributed by atoms with E-state index in [2.05, 4.69) is 4.98 Å². The zero-order chi connectivity index (χ0) is 14.1. The predicted molar refractivity (Wildman–Crippen MR) is 71.2 cm³/mol. The van der Waals surface area contributed by atoms with Crippen LogP contribution in [0.4, 0.5) is 0 Å². The van der Waals surface area contributed by atoms with Crippen molar-refractivity contribution in [1.29, 1.82) is 0 Å². The molecule has 1 aliphatic rings. The molecule has 1 aromatic heterocycles. The minimum Gasteiger partial charge on any atom is -0.480 e. The molecule has 2 aromatic rings. The molecule has 20 heavy (non-hydrogen) atoms. The lowest BCUT2D eigenvalue weighted by molar-refractivity contribution is -0.137. The van der Waals surface area contributed by atoms with E-state index in [1.165, 1.54) is 4.90 Å². The van der Waals surface area contributed by atoms with Crippen LogP contribution in [0.2, 0.25) is 0 Å². The van der Waals surface area contributed by atoms with E-state index in [9.17, 15) is 9.59 Å². The van der Waals surface area contributed by atoms with Crippen LogP contribution in [-0.4, -0.2) is 44.5 Å². The quantitative estimate of drug-likeness (QED) is 0.906. The lowest BCUT2D eigenvalue weighted by atomic mass is 10.1. The van der Waals surface area contributed by atoms with Crippen LogP contribution in [0, 0.1) is 0 Å². The van der Waals surface area contributed by atoms with Gasteiger partial charge in [0.05, 0.1) is 6.33 Å². The first-order valence-electron chi connectivity index (χ1n) is 6.28. The molecule has 2 heterocycles. The molecule has 1 amide bonds. The Morgan fingerprint density at radius 2 is 2.00 bits per heavy atom. The van der Waals surface area contributed by atoms with Gasteiger partial charge in [-0.15, -0.1) is 0 Å². The summed E-state index contributed by atoms with van der Waals surface area (Å²) in [6.07, 6.45) is 1.63. The van der Waals surface area contributed by atoms with E-state index in [1.54, 1.807) is 10.9 Å². The Morgan fingerprint density at radius 3 is 2.70 bits per heavy atom. The fourth-order valence-electron chi connectivity index (χ4n) is 2.38. The van der Waals surface area contributed by atoms with Gasteiger partial charge in [-0.25, -0.2) is 4.98 Å². The standard InChI is InChI=1S/C14H13N3O3/c18-11(19)8-16-6-7-17-9-15-12(13(17)14(16)20)10-4-2-1-3-5-10/h1-5,9H,6-8H2,(H,18,19). The molecule has 3 rings (SSSR count). The summed E-state index contributed by atoms with van der Waals surface area (Å²) >= 11 is 0. The molecule has 0 unspecified atom stereocenters. The topological polar surface area (TPSA) is 75.4 Å². The van der Waals surface area contributed by atoms with Gasteiger partial charge in [0.25, 0.3) is 5.91 Å². The van der Waals surface area contributed by atoms with Gasteiger partial charge in [-0.1, -0.05) is 30.3 Å². The summed E-state index contributed by atoms with van der Waals surface area (Å²) in [4.78, 5) is 28.9. The molecule has 0 fully saturated rings. The number of aromatic nitrogens is 2. The van der Waals surface area contributed by atoms with E-state index in [0.29, 0.717) is 24.5 Å². The molecule has 0 saturated carbocycles. The van der Waals surface area contributed by atoms with Gasteiger partial charge in [0, 0.05) is 18.7 Å². The first kappa shape index (κ1) is 12.4. The Hall–Kier alpha value is -2.63. The van der Waals surface area contributed by atoms with Gasteiger partial charge in [0.2, 0.25) is 0 Å². The molecule has 0 saturated heterocycles. The molecule has 1 aromatic carbocycles. The summed E-state index contributed by atoms with van der Waals surface area (Å²) in [6, 6.07) is 9.41. The SMILES string of the molecule is O=C(O)CN1CCn2cnc(-c3ccccc3)c2C1=O. The number of carboxylic acids is 1. The summed E-state index contributed by atoms with van der Waals surface area (Å²) in [7, 11) is 0. The van der Waals surface area contributed by atoms with Crippen molar-refractivity contribution >= 4 is 11.9 Å². The maximum Gasteiger partial charge on any atom is 0.323 e. The number of hydrogen-bond acceptors (Lipinski definition) is 3. The highest BCUT2D eigenvalue weighted by Gasteiger charge is 2.29. The number of carbonyl (C=O) groups is 2. The predicted octanol–water partition coefficient (Wildman–Crippen LogP) is 1.09. The van der Waals surface area contributed by atoms with Gasteiger partial charge < -0.3 is 14.6 Å². The highest BCUT2D eigenvalue weighted by Crippen LogP contribution is 2.25. The van der Waals surface area contributed by atoms with Crippen LogP contribution in [0.25, 0.3) is 11.3 Å². The largest absolute Gasteiger partial charge is 0.480 e. The molecule has 6 nitrogen and oxygen atoms in total. The maximum atomic E-state index is 12.4. The van der Waals surface area contributed by atoms with Crippen LogP contribution < -0.4 is 0 Å². The second kappa shape index (κ2) is 4.80. The minimum atomic E-state index is -1.01. The second-order valence-electron chi connectivity index (χ2n) is 4.62. The van der Waals surface area contributed by atoms with Crippen molar-refractivity contribution in [2.45, 2.75) is 6.54 Å². The first-order chi connectivity index (χ1) is 9.66. The molecule has 0 atom stereocenters. The first-order valence-corrected chi connectivity index (χ1v) is 6.28. The van der Waals surface area contributed by atoms with E-state index < -0.39 is 5.97 Å². The van der Waals surface area contributed by atoms with Gasteiger partial charge >= 0.3 is 5.97 Å². The van der Waals surface area contributed by atoms with Crippen molar-refractivity contribution in [1.82, 2.24) is 14.5 Å². The van der Waals surface area contributed by atoms with Crippen molar-refractivity contribution in [3.8, 4) is 11.3 Å². The Labute approximate surface area is 115 Å². The number of imidazole rings is 1. The summed E-state index contributed by atoms with van der Waals surface area (Å²) in [5.41, 5.74) is 1.92. The Kier molecular flexibility index (Phi) is 2.98. The summed E-state index contributed by atoms with van der Waals surface area (Å²) in [6.45, 7) is 0.676. The van der Waals surface area contributed by atoms with Gasteiger partial charge in [-0.3, -0.25) is 9.59 Å². The van der Waals surface area contributed by atoms with E-state index in [-0.39, 0.29) is 12.5 Å². The number of nitrogens with zero attached hydrogens (tertiary/aromatic N) is 3. The zero-order valence-electron chi connectivity index (χ0n) is 10.7. The maximum absolute atomic E-state index is 12.4. The van der Waals surface area contributed by atoms with Crippen LogP contribution in [0.1, 0.15) is 10.5 Å². The van der Waals surface area contributed by atoms with Gasteiger partial charge in [-0.05, 0) is 0 Å².